The van der Waals surface area contributed by atoms with Crippen LogP contribution in [0.1, 0.15) is 20.7 Å². The number of carboxylic acid groups (broad SMARTS) is 1. The zero-order valence-electron chi connectivity index (χ0n) is 11.2. The highest BCUT2D eigenvalue weighted by molar-refractivity contribution is 6.00. The average Bonchev–Trinajstić information content (AvgIpc) is 2.42. The molecule has 0 aliphatic carbocycles. The highest BCUT2D eigenvalue weighted by Crippen LogP contribution is 2.40. The summed E-state index contributed by atoms with van der Waals surface area (Å²) in [7, 11) is 0. The molecular weight excluding hydrogens is 312 g/mol. The van der Waals surface area contributed by atoms with Gasteiger partial charge in [-0.15, -0.1) is 0 Å². The molecule has 2 aromatic carbocycles. The van der Waals surface area contributed by atoms with Crippen molar-refractivity contribution in [3.8, 4) is 34.5 Å². The zero-order chi connectivity index (χ0) is 17.3. The first-order chi connectivity index (χ1) is 10.7. The van der Waals surface area contributed by atoms with Crippen molar-refractivity contribution in [3.05, 3.63) is 35.4 Å². The number of benzene rings is 2. The van der Waals surface area contributed by atoms with Crippen LogP contribution in [0.5, 0.6) is 34.5 Å². The molecule has 23 heavy (non-hydrogen) atoms. The Kier molecular flexibility index (Phi) is 3.86. The summed E-state index contributed by atoms with van der Waals surface area (Å²) in [5.41, 5.74) is -1.40. The minimum absolute atomic E-state index is 0.525. The van der Waals surface area contributed by atoms with E-state index in [-0.39, 0.29) is 0 Å². The molecule has 0 atom stereocenters. The van der Waals surface area contributed by atoms with Crippen LogP contribution < -0.4 is 4.74 Å². The Labute approximate surface area is 127 Å². The molecule has 0 fully saturated rings. The topological polar surface area (TPSA) is 165 Å². The fraction of sp³-hybridized carbons (Fsp3) is 0. The molecule has 0 amide bonds. The summed E-state index contributed by atoms with van der Waals surface area (Å²) in [6, 6.07) is 3.26. The molecule has 0 spiro atoms. The lowest BCUT2D eigenvalue weighted by molar-refractivity contribution is 0.0677. The second-order valence-corrected chi connectivity index (χ2v) is 4.36. The fourth-order valence-electron chi connectivity index (χ4n) is 1.78. The molecule has 0 aliphatic heterocycles. The van der Waals surface area contributed by atoms with Gasteiger partial charge in [-0.3, -0.25) is 0 Å². The Morgan fingerprint density at radius 2 is 1.43 bits per heavy atom. The molecule has 0 saturated heterocycles. The van der Waals surface area contributed by atoms with Crippen molar-refractivity contribution in [1.29, 1.82) is 0 Å². The van der Waals surface area contributed by atoms with E-state index in [1.165, 1.54) is 0 Å². The number of carboxylic acids is 1. The van der Waals surface area contributed by atoms with Gasteiger partial charge in [-0.05, 0) is 12.1 Å². The SMILES string of the molecule is O=C(O)c1ccc(O)c(O)c1OC(=O)c1c(O)cc(O)cc1O. The zero-order valence-corrected chi connectivity index (χ0v) is 11.2. The number of aromatic hydroxyl groups is 5. The van der Waals surface area contributed by atoms with Gasteiger partial charge in [0.25, 0.3) is 0 Å². The van der Waals surface area contributed by atoms with Gasteiger partial charge in [-0.25, -0.2) is 9.59 Å². The molecule has 120 valence electrons. The maximum atomic E-state index is 12.0. The molecule has 9 nitrogen and oxygen atoms in total. The summed E-state index contributed by atoms with van der Waals surface area (Å²) < 4.78 is 4.67. The molecule has 2 aromatic rings. The van der Waals surface area contributed by atoms with E-state index in [0.717, 1.165) is 24.3 Å². The Balaban J connectivity index is 2.50. The van der Waals surface area contributed by atoms with E-state index in [1.54, 1.807) is 0 Å². The number of ether oxygens (including phenoxy) is 1. The third-order valence-corrected chi connectivity index (χ3v) is 2.82. The number of carbonyl (C=O) groups is 2. The average molecular weight is 322 g/mol. The molecular formula is C14H10O9. The lowest BCUT2D eigenvalue weighted by atomic mass is 10.1. The first-order valence-corrected chi connectivity index (χ1v) is 5.97. The standard InChI is InChI=1S/C14H10O9/c15-5-3-8(17)10(9(18)4-5)14(22)23-12-6(13(20)21)1-2-7(16)11(12)19/h1-4,15-19H,(H,20,21). The van der Waals surface area contributed by atoms with Gasteiger partial charge in [0.15, 0.2) is 11.5 Å². The van der Waals surface area contributed by atoms with Crippen LogP contribution in [-0.2, 0) is 0 Å². The Morgan fingerprint density at radius 3 is 1.96 bits per heavy atom. The number of phenolic OH excluding ortho intramolecular Hbond substituents is 5. The Morgan fingerprint density at radius 1 is 0.870 bits per heavy atom. The van der Waals surface area contributed by atoms with Crippen molar-refractivity contribution in [2.75, 3.05) is 0 Å². The lowest BCUT2D eigenvalue weighted by Crippen LogP contribution is -2.12. The normalized spacial score (nSPS) is 10.3. The largest absolute Gasteiger partial charge is 0.508 e. The Bertz CT molecular complexity index is 787. The van der Waals surface area contributed by atoms with E-state index in [1.807, 2.05) is 0 Å². The molecule has 6 N–H and O–H groups in total. The van der Waals surface area contributed by atoms with Gasteiger partial charge in [0.2, 0.25) is 5.75 Å². The van der Waals surface area contributed by atoms with Crippen LogP contribution in [-0.4, -0.2) is 42.6 Å². The third-order valence-electron chi connectivity index (χ3n) is 2.82. The van der Waals surface area contributed by atoms with Crippen molar-refractivity contribution in [3.63, 3.8) is 0 Å². The predicted molar refractivity (Wildman–Crippen MR) is 73.1 cm³/mol. The fourth-order valence-corrected chi connectivity index (χ4v) is 1.78. The number of aromatic carboxylic acids is 1. The predicted octanol–water partition coefficient (Wildman–Crippen LogP) is 1.13. The van der Waals surface area contributed by atoms with Gasteiger partial charge in [0, 0.05) is 12.1 Å². The van der Waals surface area contributed by atoms with E-state index < -0.39 is 57.6 Å². The summed E-state index contributed by atoms with van der Waals surface area (Å²) in [5, 5.41) is 56.3. The van der Waals surface area contributed by atoms with Gasteiger partial charge in [0.05, 0.1) is 0 Å². The summed E-state index contributed by atoms with van der Waals surface area (Å²) in [6.45, 7) is 0. The summed E-state index contributed by atoms with van der Waals surface area (Å²) in [4.78, 5) is 23.1. The van der Waals surface area contributed by atoms with Gasteiger partial charge in [-0.1, -0.05) is 0 Å². The molecule has 2 rings (SSSR count). The van der Waals surface area contributed by atoms with Crippen LogP contribution in [0.25, 0.3) is 0 Å². The van der Waals surface area contributed by atoms with Crippen LogP contribution in [0.4, 0.5) is 0 Å². The molecule has 9 heteroatoms. The summed E-state index contributed by atoms with van der Waals surface area (Å²) >= 11 is 0. The monoisotopic (exact) mass is 322 g/mol. The lowest BCUT2D eigenvalue weighted by Gasteiger charge is -2.12. The van der Waals surface area contributed by atoms with Gasteiger partial charge in [-0.2, -0.15) is 0 Å². The maximum Gasteiger partial charge on any atom is 0.351 e. The highest BCUT2D eigenvalue weighted by atomic mass is 16.5. The van der Waals surface area contributed by atoms with Crippen molar-refractivity contribution >= 4 is 11.9 Å². The number of hydrogen-bond donors (Lipinski definition) is 6. The first kappa shape index (κ1) is 15.8. The number of rotatable bonds is 3. The summed E-state index contributed by atoms with van der Waals surface area (Å²) in [6.07, 6.45) is 0. The van der Waals surface area contributed by atoms with Crippen molar-refractivity contribution in [2.45, 2.75) is 0 Å². The second kappa shape index (κ2) is 5.64. The Hall–Kier alpha value is -3.62. The summed E-state index contributed by atoms with van der Waals surface area (Å²) in [5.74, 6) is -7.76. The van der Waals surface area contributed by atoms with Crippen LogP contribution in [0.3, 0.4) is 0 Å². The van der Waals surface area contributed by atoms with Gasteiger partial charge >= 0.3 is 11.9 Å². The quantitative estimate of drug-likeness (QED) is 0.276. The van der Waals surface area contributed by atoms with Crippen LogP contribution in [0.2, 0.25) is 0 Å². The number of phenols is 5. The van der Waals surface area contributed by atoms with Crippen LogP contribution >= 0.6 is 0 Å². The van der Waals surface area contributed by atoms with Crippen molar-refractivity contribution in [2.24, 2.45) is 0 Å². The van der Waals surface area contributed by atoms with E-state index >= 15 is 0 Å². The molecule has 0 unspecified atom stereocenters. The van der Waals surface area contributed by atoms with Gasteiger partial charge < -0.3 is 35.4 Å². The van der Waals surface area contributed by atoms with Crippen molar-refractivity contribution < 1.29 is 45.0 Å². The third kappa shape index (κ3) is 2.88. The molecule has 0 heterocycles. The highest BCUT2D eigenvalue weighted by Gasteiger charge is 2.25. The molecule has 0 radical (unpaired) electrons. The van der Waals surface area contributed by atoms with Crippen LogP contribution in [0.15, 0.2) is 24.3 Å². The first-order valence-electron chi connectivity index (χ1n) is 5.97. The minimum atomic E-state index is -1.55. The van der Waals surface area contributed by atoms with E-state index in [4.69, 9.17) is 10.2 Å². The smallest absolute Gasteiger partial charge is 0.351 e. The van der Waals surface area contributed by atoms with E-state index in [9.17, 15) is 30.0 Å². The number of hydrogen-bond acceptors (Lipinski definition) is 8. The molecule has 0 saturated carbocycles. The van der Waals surface area contributed by atoms with E-state index in [0.29, 0.717) is 0 Å². The number of esters is 1. The number of carbonyl (C=O) groups excluding carboxylic acids is 1. The molecule has 0 bridgehead atoms. The molecule has 0 aliphatic rings. The van der Waals surface area contributed by atoms with Crippen LogP contribution in [0, 0.1) is 0 Å². The minimum Gasteiger partial charge on any atom is -0.508 e. The molecule has 0 aromatic heterocycles. The van der Waals surface area contributed by atoms with Gasteiger partial charge in [0.1, 0.15) is 28.4 Å². The second-order valence-electron chi connectivity index (χ2n) is 4.36. The maximum absolute atomic E-state index is 12.0. The van der Waals surface area contributed by atoms with Crippen molar-refractivity contribution in [1.82, 2.24) is 0 Å². The van der Waals surface area contributed by atoms with E-state index in [2.05, 4.69) is 4.74 Å².